The van der Waals surface area contributed by atoms with Crippen LogP contribution >= 0.6 is 11.8 Å². The summed E-state index contributed by atoms with van der Waals surface area (Å²) in [6.45, 7) is 2.83. The minimum atomic E-state index is -0.157. The number of nitrogens with one attached hydrogen (secondary N) is 1. The molecule has 0 aliphatic carbocycles. The fraction of sp³-hybridized carbons (Fsp3) is 0.174. The number of carbonyl (C=O) groups excluding carboxylic acids is 1. The molecule has 158 valence electrons. The van der Waals surface area contributed by atoms with Gasteiger partial charge in [0.05, 0.1) is 25.0 Å². The minimum Gasteiger partial charge on any atom is -0.493 e. The van der Waals surface area contributed by atoms with E-state index in [4.69, 9.17) is 13.6 Å². The van der Waals surface area contributed by atoms with Crippen LogP contribution in [0, 0.1) is 0 Å². The van der Waals surface area contributed by atoms with Crippen LogP contribution in [0.2, 0.25) is 0 Å². The van der Waals surface area contributed by atoms with E-state index in [9.17, 15) is 4.79 Å². The number of para-hydroxylation sites is 1. The second kappa shape index (κ2) is 9.99. The van der Waals surface area contributed by atoms with Crippen molar-refractivity contribution in [1.29, 1.82) is 0 Å². The molecular formula is C23H21N3O4S. The predicted molar refractivity (Wildman–Crippen MR) is 117 cm³/mol. The van der Waals surface area contributed by atoms with Crippen molar-refractivity contribution in [1.82, 2.24) is 15.5 Å². The summed E-state index contributed by atoms with van der Waals surface area (Å²) in [6.07, 6.45) is 1.58. The zero-order chi connectivity index (χ0) is 21.5. The fourth-order valence-corrected chi connectivity index (χ4v) is 3.64. The number of benzene rings is 2. The van der Waals surface area contributed by atoms with E-state index in [0.717, 1.165) is 11.1 Å². The van der Waals surface area contributed by atoms with Gasteiger partial charge in [-0.25, -0.2) is 0 Å². The highest BCUT2D eigenvalue weighted by Crippen LogP contribution is 2.31. The van der Waals surface area contributed by atoms with E-state index in [0.29, 0.717) is 47.1 Å². The quantitative estimate of drug-likeness (QED) is 0.372. The highest BCUT2D eigenvalue weighted by molar-refractivity contribution is 7.98. The predicted octanol–water partition coefficient (Wildman–Crippen LogP) is 4.95. The van der Waals surface area contributed by atoms with Gasteiger partial charge in [0.25, 0.3) is 17.0 Å². The molecule has 0 aliphatic heterocycles. The van der Waals surface area contributed by atoms with Crippen molar-refractivity contribution in [2.45, 2.75) is 24.4 Å². The normalized spacial score (nSPS) is 10.7. The van der Waals surface area contributed by atoms with Gasteiger partial charge in [-0.15, -0.1) is 10.2 Å². The molecule has 0 saturated heterocycles. The van der Waals surface area contributed by atoms with Gasteiger partial charge in [0.1, 0.15) is 11.5 Å². The zero-order valence-corrected chi connectivity index (χ0v) is 17.7. The smallest absolute Gasteiger partial charge is 0.277 e. The van der Waals surface area contributed by atoms with E-state index in [1.54, 1.807) is 18.4 Å². The summed E-state index contributed by atoms with van der Waals surface area (Å²) in [7, 11) is 0. The Hall–Kier alpha value is -3.52. The maximum atomic E-state index is 12.4. The molecule has 1 N–H and O–H groups in total. The molecule has 0 aliphatic rings. The summed E-state index contributed by atoms with van der Waals surface area (Å²) in [4.78, 5) is 12.4. The molecule has 0 spiro atoms. The molecule has 4 aromatic rings. The molecule has 2 heterocycles. The molecule has 7 nitrogen and oxygen atoms in total. The summed E-state index contributed by atoms with van der Waals surface area (Å²) >= 11 is 1.41. The van der Waals surface area contributed by atoms with Crippen molar-refractivity contribution in [3.63, 3.8) is 0 Å². The summed E-state index contributed by atoms with van der Waals surface area (Å²) in [5, 5.41) is 11.6. The Labute approximate surface area is 183 Å². The Morgan fingerprint density at radius 2 is 2.00 bits per heavy atom. The monoisotopic (exact) mass is 435 g/mol. The Balaban J connectivity index is 1.38. The van der Waals surface area contributed by atoms with Crippen molar-refractivity contribution < 1.29 is 18.4 Å². The van der Waals surface area contributed by atoms with Crippen LogP contribution in [-0.2, 0) is 12.3 Å². The van der Waals surface area contributed by atoms with Crippen LogP contribution in [0.25, 0.3) is 11.5 Å². The lowest BCUT2D eigenvalue weighted by Crippen LogP contribution is -2.22. The standard InChI is InChI=1S/C23H21N3O4S/c1-2-28-20-11-4-3-10-19(20)22-25-26-23(30-22)31-15-16-7-5-8-17(13-16)21(27)24-14-18-9-6-12-29-18/h3-13H,2,14-15H2,1H3,(H,24,27). The molecule has 0 fully saturated rings. The molecule has 0 radical (unpaired) electrons. The van der Waals surface area contributed by atoms with Gasteiger partial charge in [-0.2, -0.15) is 0 Å². The molecule has 0 saturated carbocycles. The molecule has 0 atom stereocenters. The van der Waals surface area contributed by atoms with Gasteiger partial charge in [0.2, 0.25) is 0 Å². The van der Waals surface area contributed by atoms with Gasteiger partial charge in [-0.3, -0.25) is 4.79 Å². The molecule has 8 heteroatoms. The van der Waals surface area contributed by atoms with Crippen LogP contribution in [0.1, 0.15) is 28.6 Å². The van der Waals surface area contributed by atoms with E-state index in [-0.39, 0.29) is 5.91 Å². The maximum Gasteiger partial charge on any atom is 0.277 e. The Morgan fingerprint density at radius 1 is 1.10 bits per heavy atom. The van der Waals surface area contributed by atoms with Crippen LogP contribution in [0.5, 0.6) is 5.75 Å². The van der Waals surface area contributed by atoms with Gasteiger partial charge in [0, 0.05) is 11.3 Å². The summed E-state index contributed by atoms with van der Waals surface area (Å²) in [5.41, 5.74) is 2.32. The third kappa shape index (κ3) is 5.35. The molecule has 0 unspecified atom stereocenters. The van der Waals surface area contributed by atoms with E-state index >= 15 is 0 Å². The molecule has 0 bridgehead atoms. The SMILES string of the molecule is CCOc1ccccc1-c1nnc(SCc2cccc(C(=O)NCc3ccco3)c2)o1. The molecule has 2 aromatic carbocycles. The van der Waals surface area contributed by atoms with Crippen LogP contribution in [0.15, 0.2) is 81.0 Å². The van der Waals surface area contributed by atoms with Gasteiger partial charge < -0.3 is 18.9 Å². The van der Waals surface area contributed by atoms with Gasteiger partial charge >= 0.3 is 0 Å². The number of nitrogens with zero attached hydrogens (tertiary/aromatic N) is 2. The Bertz CT molecular complexity index is 1140. The number of hydrogen-bond acceptors (Lipinski definition) is 7. The second-order valence-corrected chi connectivity index (χ2v) is 7.48. The van der Waals surface area contributed by atoms with Crippen molar-refractivity contribution in [2.24, 2.45) is 0 Å². The number of thioether (sulfide) groups is 1. The first kappa shape index (κ1) is 20.7. The summed E-state index contributed by atoms with van der Waals surface area (Å²) < 4.78 is 16.7. The molecule has 4 rings (SSSR count). The van der Waals surface area contributed by atoms with Crippen molar-refractivity contribution in [3.8, 4) is 17.2 Å². The van der Waals surface area contributed by atoms with Crippen molar-refractivity contribution in [2.75, 3.05) is 6.61 Å². The van der Waals surface area contributed by atoms with E-state index in [1.165, 1.54) is 11.8 Å². The van der Waals surface area contributed by atoms with Crippen LogP contribution in [0.3, 0.4) is 0 Å². The molecule has 31 heavy (non-hydrogen) atoms. The number of amides is 1. The second-order valence-electron chi connectivity index (χ2n) is 6.55. The average molecular weight is 436 g/mol. The molecule has 2 aromatic heterocycles. The van der Waals surface area contributed by atoms with Crippen molar-refractivity contribution in [3.05, 3.63) is 83.8 Å². The number of aromatic nitrogens is 2. The highest BCUT2D eigenvalue weighted by atomic mass is 32.2. The van der Waals surface area contributed by atoms with Gasteiger partial charge in [-0.1, -0.05) is 36.0 Å². The first-order valence-electron chi connectivity index (χ1n) is 9.81. The number of furan rings is 1. The Kier molecular flexibility index (Phi) is 6.68. The van der Waals surface area contributed by atoms with Crippen LogP contribution in [-0.4, -0.2) is 22.7 Å². The van der Waals surface area contributed by atoms with E-state index < -0.39 is 0 Å². The average Bonchev–Trinajstić information content (AvgIpc) is 3.49. The zero-order valence-electron chi connectivity index (χ0n) is 16.9. The number of carbonyl (C=O) groups is 1. The fourth-order valence-electron chi connectivity index (χ4n) is 2.93. The topological polar surface area (TPSA) is 90.4 Å². The number of rotatable bonds is 9. The first-order chi connectivity index (χ1) is 15.2. The lowest BCUT2D eigenvalue weighted by Gasteiger charge is -2.06. The van der Waals surface area contributed by atoms with Gasteiger partial charge in [0.15, 0.2) is 0 Å². The molecular weight excluding hydrogens is 414 g/mol. The third-order valence-electron chi connectivity index (χ3n) is 4.38. The summed E-state index contributed by atoms with van der Waals surface area (Å²) in [5.74, 6) is 2.26. The van der Waals surface area contributed by atoms with Crippen LogP contribution in [0.4, 0.5) is 0 Å². The number of hydrogen-bond donors (Lipinski definition) is 1. The lowest BCUT2D eigenvalue weighted by molar-refractivity contribution is 0.0948. The third-order valence-corrected chi connectivity index (χ3v) is 5.27. The Morgan fingerprint density at radius 3 is 2.84 bits per heavy atom. The van der Waals surface area contributed by atoms with E-state index in [1.807, 2.05) is 55.5 Å². The highest BCUT2D eigenvalue weighted by Gasteiger charge is 2.14. The minimum absolute atomic E-state index is 0.157. The first-order valence-corrected chi connectivity index (χ1v) is 10.8. The van der Waals surface area contributed by atoms with Crippen molar-refractivity contribution >= 4 is 17.7 Å². The summed E-state index contributed by atoms with van der Waals surface area (Å²) in [6, 6.07) is 18.6. The molecule has 1 amide bonds. The van der Waals surface area contributed by atoms with Gasteiger partial charge in [-0.05, 0) is 48.9 Å². The number of ether oxygens (including phenoxy) is 1. The largest absolute Gasteiger partial charge is 0.493 e. The maximum absolute atomic E-state index is 12.4. The van der Waals surface area contributed by atoms with Crippen LogP contribution < -0.4 is 10.1 Å². The lowest BCUT2D eigenvalue weighted by atomic mass is 10.1. The van der Waals surface area contributed by atoms with E-state index in [2.05, 4.69) is 15.5 Å².